The first-order valence-corrected chi connectivity index (χ1v) is 9.54. The Balaban J connectivity index is 2.01. The molecule has 1 saturated heterocycles. The van der Waals surface area contributed by atoms with E-state index in [2.05, 4.69) is 11.4 Å². The van der Waals surface area contributed by atoms with Crippen LogP contribution in [-0.2, 0) is 4.79 Å². The van der Waals surface area contributed by atoms with Gasteiger partial charge in [-0.3, -0.25) is 9.59 Å². The number of nitriles is 1. The van der Waals surface area contributed by atoms with E-state index in [-0.39, 0.29) is 16.6 Å². The molecule has 0 spiro atoms. The van der Waals surface area contributed by atoms with Crippen molar-refractivity contribution in [1.29, 1.82) is 5.26 Å². The number of benzene rings is 2. The maximum atomic E-state index is 13.2. The molecule has 142 valence electrons. The first-order valence-electron chi connectivity index (χ1n) is 9.16. The quantitative estimate of drug-likeness (QED) is 0.800. The second kappa shape index (κ2) is 9.20. The van der Waals surface area contributed by atoms with Crippen LogP contribution < -0.4 is 5.32 Å². The normalized spacial score (nSPS) is 14.6. The maximum Gasteiger partial charge on any atom is 0.271 e. The molecule has 6 heteroatoms. The zero-order chi connectivity index (χ0) is 19.9. The first-order chi connectivity index (χ1) is 13.6. The highest BCUT2D eigenvalue weighted by atomic mass is 35.5. The van der Waals surface area contributed by atoms with Crippen LogP contribution in [0.2, 0.25) is 0 Å². The van der Waals surface area contributed by atoms with Gasteiger partial charge in [0.15, 0.2) is 0 Å². The number of likely N-dealkylation sites (tertiary alicyclic amines) is 1. The molecule has 0 saturated carbocycles. The van der Waals surface area contributed by atoms with Crippen LogP contribution in [0.25, 0.3) is 5.03 Å². The van der Waals surface area contributed by atoms with Crippen LogP contribution in [0, 0.1) is 11.3 Å². The molecule has 1 aliphatic heterocycles. The molecule has 1 heterocycles. The summed E-state index contributed by atoms with van der Waals surface area (Å²) in [6.07, 6.45) is 2.90. The third-order valence-corrected chi connectivity index (χ3v) is 5.03. The number of nitrogens with zero attached hydrogens (tertiary/aromatic N) is 2. The van der Waals surface area contributed by atoms with Crippen LogP contribution in [0.3, 0.4) is 0 Å². The van der Waals surface area contributed by atoms with Crippen molar-refractivity contribution in [1.82, 2.24) is 10.2 Å². The van der Waals surface area contributed by atoms with E-state index in [1.807, 2.05) is 6.07 Å². The van der Waals surface area contributed by atoms with Crippen molar-refractivity contribution in [3.05, 3.63) is 77.0 Å². The molecule has 0 bridgehead atoms. The van der Waals surface area contributed by atoms with Crippen LogP contribution in [0.1, 0.15) is 40.7 Å². The van der Waals surface area contributed by atoms with E-state index in [1.54, 1.807) is 53.4 Å². The van der Waals surface area contributed by atoms with Crippen molar-refractivity contribution in [2.24, 2.45) is 0 Å². The molecule has 0 radical (unpaired) electrons. The van der Waals surface area contributed by atoms with Crippen molar-refractivity contribution in [3.63, 3.8) is 0 Å². The molecule has 3 rings (SSSR count). The Morgan fingerprint density at radius 1 is 0.964 bits per heavy atom. The van der Waals surface area contributed by atoms with Crippen molar-refractivity contribution in [3.8, 4) is 6.07 Å². The monoisotopic (exact) mass is 393 g/mol. The summed E-state index contributed by atoms with van der Waals surface area (Å²) in [5, 5.41) is 12.1. The van der Waals surface area contributed by atoms with Gasteiger partial charge >= 0.3 is 0 Å². The fourth-order valence-corrected chi connectivity index (χ4v) is 3.43. The third kappa shape index (κ3) is 4.41. The number of halogens is 1. The molecule has 0 unspecified atom stereocenters. The van der Waals surface area contributed by atoms with E-state index < -0.39 is 5.91 Å². The van der Waals surface area contributed by atoms with Gasteiger partial charge in [0, 0.05) is 24.2 Å². The number of rotatable bonds is 4. The number of hydrogen-bond acceptors (Lipinski definition) is 3. The molecule has 0 aromatic heterocycles. The summed E-state index contributed by atoms with van der Waals surface area (Å²) in [5.41, 5.74) is 1.18. The van der Waals surface area contributed by atoms with Crippen molar-refractivity contribution in [2.75, 3.05) is 13.1 Å². The van der Waals surface area contributed by atoms with E-state index in [0.29, 0.717) is 29.8 Å². The summed E-state index contributed by atoms with van der Waals surface area (Å²) in [5.74, 6) is -0.754. The molecule has 2 amide bonds. The largest absolute Gasteiger partial charge is 0.337 e. The molecule has 5 nitrogen and oxygen atoms in total. The number of amides is 2. The number of hydrogen-bond donors (Lipinski definition) is 1. The molecule has 2 aromatic carbocycles. The van der Waals surface area contributed by atoms with E-state index in [0.717, 1.165) is 19.3 Å². The third-order valence-electron chi connectivity index (χ3n) is 4.64. The summed E-state index contributed by atoms with van der Waals surface area (Å²) in [6, 6.07) is 17.5. The Bertz CT molecular complexity index is 942. The van der Waals surface area contributed by atoms with E-state index in [9.17, 15) is 14.9 Å². The van der Waals surface area contributed by atoms with Crippen LogP contribution >= 0.6 is 11.6 Å². The molecular formula is C22H20ClN3O2. The van der Waals surface area contributed by atoms with Gasteiger partial charge in [0.25, 0.3) is 11.8 Å². The summed E-state index contributed by atoms with van der Waals surface area (Å²) in [4.78, 5) is 27.6. The number of carbonyl (C=O) groups excluding carboxylic acids is 2. The Morgan fingerprint density at radius 3 is 2.29 bits per heavy atom. The lowest BCUT2D eigenvalue weighted by molar-refractivity contribution is -0.128. The van der Waals surface area contributed by atoms with Gasteiger partial charge in [0.05, 0.1) is 16.7 Å². The summed E-state index contributed by atoms with van der Waals surface area (Å²) in [6.45, 7) is 1.24. The van der Waals surface area contributed by atoms with Gasteiger partial charge in [-0.2, -0.15) is 5.26 Å². The van der Waals surface area contributed by atoms with Crippen molar-refractivity contribution >= 4 is 28.4 Å². The van der Waals surface area contributed by atoms with Gasteiger partial charge in [-0.05, 0) is 37.5 Å². The number of carbonyl (C=O) groups is 2. The zero-order valence-electron chi connectivity index (χ0n) is 15.3. The fourth-order valence-electron chi connectivity index (χ4n) is 3.14. The summed E-state index contributed by atoms with van der Waals surface area (Å²) >= 11 is 6.57. The lowest BCUT2D eigenvalue weighted by Gasteiger charge is -2.28. The van der Waals surface area contributed by atoms with Gasteiger partial charge in [-0.25, -0.2) is 0 Å². The molecular weight excluding hydrogens is 374 g/mol. The molecule has 1 aliphatic rings. The van der Waals surface area contributed by atoms with E-state index in [1.165, 1.54) is 0 Å². The minimum absolute atomic E-state index is 0.000111. The second-order valence-electron chi connectivity index (χ2n) is 6.52. The summed E-state index contributed by atoms with van der Waals surface area (Å²) in [7, 11) is 0. The van der Waals surface area contributed by atoms with Gasteiger partial charge in [0.2, 0.25) is 0 Å². The Morgan fingerprint density at radius 2 is 1.61 bits per heavy atom. The lowest BCUT2D eigenvalue weighted by atomic mass is 10.1. The van der Waals surface area contributed by atoms with Crippen molar-refractivity contribution in [2.45, 2.75) is 19.3 Å². The van der Waals surface area contributed by atoms with Gasteiger partial charge < -0.3 is 10.2 Å². The topological polar surface area (TPSA) is 73.2 Å². The fraction of sp³-hybridized carbons (Fsp3) is 0.227. The smallest absolute Gasteiger partial charge is 0.271 e. The van der Waals surface area contributed by atoms with Crippen LogP contribution in [0.5, 0.6) is 0 Å². The Hall–Kier alpha value is -3.10. The van der Waals surface area contributed by atoms with Gasteiger partial charge in [0.1, 0.15) is 5.70 Å². The average molecular weight is 394 g/mol. The predicted molar refractivity (Wildman–Crippen MR) is 108 cm³/mol. The molecule has 1 fully saturated rings. The molecule has 28 heavy (non-hydrogen) atoms. The van der Waals surface area contributed by atoms with E-state index >= 15 is 0 Å². The predicted octanol–water partition coefficient (Wildman–Crippen LogP) is 3.91. The van der Waals surface area contributed by atoms with Crippen LogP contribution in [-0.4, -0.2) is 29.8 Å². The average Bonchev–Trinajstić information content (AvgIpc) is 2.77. The zero-order valence-corrected chi connectivity index (χ0v) is 16.1. The SMILES string of the molecule is N#Cc1ccccc1/C(Cl)=C(\NC(=O)c1ccccc1)C(=O)N1CCCCC1. The lowest BCUT2D eigenvalue weighted by Crippen LogP contribution is -2.41. The molecule has 0 aliphatic carbocycles. The Labute approximate surface area is 169 Å². The number of nitrogens with one attached hydrogen (secondary N) is 1. The molecule has 2 aromatic rings. The van der Waals surface area contributed by atoms with E-state index in [4.69, 9.17) is 11.6 Å². The summed E-state index contributed by atoms with van der Waals surface area (Å²) < 4.78 is 0. The second-order valence-corrected chi connectivity index (χ2v) is 6.90. The van der Waals surface area contributed by atoms with Crippen LogP contribution in [0.15, 0.2) is 60.3 Å². The minimum atomic E-state index is -0.423. The maximum absolute atomic E-state index is 13.2. The van der Waals surface area contributed by atoms with Crippen LogP contribution in [0.4, 0.5) is 0 Å². The molecule has 1 N–H and O–H groups in total. The van der Waals surface area contributed by atoms with Gasteiger partial charge in [-0.1, -0.05) is 48.0 Å². The standard InChI is InChI=1S/C22H20ClN3O2/c23-19(18-12-6-5-11-17(18)15-24)20(22(28)26-13-7-2-8-14-26)25-21(27)16-9-3-1-4-10-16/h1,3-6,9-12H,2,7-8,13-14H2,(H,25,27)/b20-19+. The highest BCUT2D eigenvalue weighted by Crippen LogP contribution is 2.27. The minimum Gasteiger partial charge on any atom is -0.337 e. The van der Waals surface area contributed by atoms with Gasteiger partial charge in [-0.15, -0.1) is 0 Å². The highest BCUT2D eigenvalue weighted by Gasteiger charge is 2.26. The highest BCUT2D eigenvalue weighted by molar-refractivity contribution is 6.51. The number of piperidine rings is 1. The van der Waals surface area contributed by atoms with Crippen molar-refractivity contribution < 1.29 is 9.59 Å². The Kier molecular flexibility index (Phi) is 6.46. The first kappa shape index (κ1) is 19.7. The molecule has 0 atom stereocenters.